The van der Waals surface area contributed by atoms with E-state index < -0.39 is 0 Å². The third-order valence-electron chi connectivity index (χ3n) is 2.39. The van der Waals surface area contributed by atoms with Gasteiger partial charge in [-0.15, -0.1) is 0 Å². The van der Waals surface area contributed by atoms with Crippen LogP contribution in [0, 0.1) is 18.3 Å². The molecule has 78 valence electrons. The predicted octanol–water partition coefficient (Wildman–Crippen LogP) is 3.58. The number of hydrogen-bond acceptors (Lipinski definition) is 2. The molecule has 16 heavy (non-hydrogen) atoms. The summed E-state index contributed by atoms with van der Waals surface area (Å²) < 4.78 is 0. The zero-order valence-corrected chi connectivity index (χ0v) is 9.49. The maximum atomic E-state index is 8.76. The molecule has 2 nitrogen and oxygen atoms in total. The van der Waals surface area contributed by atoms with Gasteiger partial charge in [0.05, 0.1) is 11.3 Å². The molecule has 0 saturated carbocycles. The molecular formula is C13H9ClN2. The topological polar surface area (TPSA) is 36.7 Å². The summed E-state index contributed by atoms with van der Waals surface area (Å²) in [5, 5.41) is 9.01. The van der Waals surface area contributed by atoms with E-state index in [0.717, 1.165) is 16.8 Å². The second-order valence-electron chi connectivity index (χ2n) is 3.46. The van der Waals surface area contributed by atoms with Gasteiger partial charge in [0.2, 0.25) is 0 Å². The Balaban J connectivity index is 2.55. The number of halogens is 1. The average molecular weight is 229 g/mol. The highest BCUT2D eigenvalue weighted by Crippen LogP contribution is 2.23. The van der Waals surface area contributed by atoms with Gasteiger partial charge in [-0.3, -0.25) is 0 Å². The summed E-state index contributed by atoms with van der Waals surface area (Å²) >= 11 is 5.90. The van der Waals surface area contributed by atoms with Crippen molar-refractivity contribution in [3.05, 3.63) is 52.7 Å². The van der Waals surface area contributed by atoms with Crippen molar-refractivity contribution in [3.8, 4) is 17.3 Å². The molecular weight excluding hydrogens is 220 g/mol. The fourth-order valence-corrected chi connectivity index (χ4v) is 1.72. The second-order valence-corrected chi connectivity index (χ2v) is 3.82. The van der Waals surface area contributed by atoms with Crippen LogP contribution in [-0.2, 0) is 0 Å². The summed E-state index contributed by atoms with van der Waals surface area (Å²) in [6.45, 7) is 2.02. The van der Waals surface area contributed by atoms with Crippen molar-refractivity contribution in [2.24, 2.45) is 0 Å². The summed E-state index contributed by atoms with van der Waals surface area (Å²) in [6, 6.07) is 13.4. The van der Waals surface area contributed by atoms with Crippen molar-refractivity contribution in [2.75, 3.05) is 0 Å². The first kappa shape index (κ1) is 10.7. The third kappa shape index (κ3) is 1.91. The molecule has 1 aromatic carbocycles. The molecule has 1 aromatic heterocycles. The fourth-order valence-electron chi connectivity index (χ4n) is 1.53. The number of aryl methyl sites for hydroxylation is 1. The Labute approximate surface area is 99.1 Å². The number of pyridine rings is 1. The molecule has 0 amide bonds. The minimum atomic E-state index is 0.253. The van der Waals surface area contributed by atoms with Gasteiger partial charge >= 0.3 is 0 Å². The lowest BCUT2D eigenvalue weighted by Crippen LogP contribution is -1.89. The van der Waals surface area contributed by atoms with Crippen LogP contribution in [0.25, 0.3) is 11.3 Å². The van der Waals surface area contributed by atoms with Crippen molar-refractivity contribution in [1.29, 1.82) is 5.26 Å². The maximum absolute atomic E-state index is 8.76. The molecule has 0 radical (unpaired) electrons. The van der Waals surface area contributed by atoms with Gasteiger partial charge in [-0.1, -0.05) is 35.9 Å². The normalized spacial score (nSPS) is 9.81. The molecule has 0 saturated heterocycles. The maximum Gasteiger partial charge on any atom is 0.147 e. The Kier molecular flexibility index (Phi) is 2.89. The number of aromatic nitrogens is 1. The van der Waals surface area contributed by atoms with Crippen molar-refractivity contribution in [1.82, 2.24) is 4.98 Å². The summed E-state index contributed by atoms with van der Waals surface area (Å²) in [4.78, 5) is 4.22. The van der Waals surface area contributed by atoms with E-state index in [4.69, 9.17) is 16.9 Å². The summed E-state index contributed by atoms with van der Waals surface area (Å²) in [7, 11) is 0. The molecule has 2 rings (SSSR count). The molecule has 0 unspecified atom stereocenters. The van der Waals surface area contributed by atoms with E-state index in [0.29, 0.717) is 5.56 Å². The van der Waals surface area contributed by atoms with E-state index in [9.17, 15) is 0 Å². The average Bonchev–Trinajstić information content (AvgIpc) is 2.29. The summed E-state index contributed by atoms with van der Waals surface area (Å²) in [6.07, 6.45) is 0. The quantitative estimate of drug-likeness (QED) is 0.700. The van der Waals surface area contributed by atoms with Gasteiger partial charge in [0.1, 0.15) is 11.2 Å². The van der Waals surface area contributed by atoms with Gasteiger partial charge in [0.15, 0.2) is 0 Å². The highest BCUT2D eigenvalue weighted by Gasteiger charge is 2.06. The minimum Gasteiger partial charge on any atom is -0.235 e. The number of benzene rings is 1. The van der Waals surface area contributed by atoms with Crippen LogP contribution >= 0.6 is 11.6 Å². The molecule has 0 aliphatic rings. The van der Waals surface area contributed by atoms with Gasteiger partial charge in [-0.25, -0.2) is 4.98 Å². The van der Waals surface area contributed by atoms with Gasteiger partial charge in [0.25, 0.3) is 0 Å². The van der Waals surface area contributed by atoms with E-state index >= 15 is 0 Å². The Morgan fingerprint density at radius 1 is 1.19 bits per heavy atom. The van der Waals surface area contributed by atoms with Crippen molar-refractivity contribution in [3.63, 3.8) is 0 Å². The number of hydrogen-bond donors (Lipinski definition) is 0. The standard InChI is InChI=1S/C13H9ClN2/c1-9-4-2-3-5-11(9)12-7-6-10(8-15)13(14)16-12/h2-7H,1H3. The van der Waals surface area contributed by atoms with Crippen molar-refractivity contribution >= 4 is 11.6 Å². The third-order valence-corrected chi connectivity index (χ3v) is 2.68. The van der Waals surface area contributed by atoms with Crippen LogP contribution in [0.5, 0.6) is 0 Å². The Morgan fingerprint density at radius 3 is 2.56 bits per heavy atom. The zero-order valence-electron chi connectivity index (χ0n) is 8.74. The van der Waals surface area contributed by atoms with Gasteiger partial charge in [-0.2, -0.15) is 5.26 Å². The zero-order chi connectivity index (χ0) is 11.5. The van der Waals surface area contributed by atoms with Gasteiger partial charge < -0.3 is 0 Å². The molecule has 0 aliphatic heterocycles. The highest BCUT2D eigenvalue weighted by atomic mass is 35.5. The predicted molar refractivity (Wildman–Crippen MR) is 64.1 cm³/mol. The first-order chi connectivity index (χ1) is 7.72. The second kappa shape index (κ2) is 4.34. The van der Waals surface area contributed by atoms with Crippen LogP contribution in [0.4, 0.5) is 0 Å². The largest absolute Gasteiger partial charge is 0.235 e. The Morgan fingerprint density at radius 2 is 1.94 bits per heavy atom. The molecule has 2 aromatic rings. The van der Waals surface area contributed by atoms with Crippen molar-refractivity contribution < 1.29 is 0 Å². The van der Waals surface area contributed by atoms with Crippen LogP contribution in [0.3, 0.4) is 0 Å². The minimum absolute atomic E-state index is 0.253. The Hall–Kier alpha value is -1.85. The first-order valence-corrected chi connectivity index (χ1v) is 5.23. The van der Waals surface area contributed by atoms with E-state index in [2.05, 4.69) is 4.98 Å². The van der Waals surface area contributed by atoms with E-state index in [1.54, 1.807) is 6.07 Å². The van der Waals surface area contributed by atoms with Crippen LogP contribution in [0.15, 0.2) is 36.4 Å². The molecule has 0 bridgehead atoms. The molecule has 3 heteroatoms. The number of nitrogens with zero attached hydrogens (tertiary/aromatic N) is 2. The lowest BCUT2D eigenvalue weighted by molar-refractivity contribution is 1.29. The monoisotopic (exact) mass is 228 g/mol. The first-order valence-electron chi connectivity index (χ1n) is 4.85. The molecule has 0 fully saturated rings. The fraction of sp³-hybridized carbons (Fsp3) is 0.0769. The van der Waals surface area contributed by atoms with Crippen LogP contribution in [0.2, 0.25) is 5.15 Å². The Bertz CT molecular complexity index is 570. The lowest BCUT2D eigenvalue weighted by atomic mass is 10.1. The molecule has 0 atom stereocenters. The molecule has 0 spiro atoms. The van der Waals surface area contributed by atoms with Crippen LogP contribution < -0.4 is 0 Å². The van der Waals surface area contributed by atoms with Crippen molar-refractivity contribution in [2.45, 2.75) is 6.92 Å². The van der Waals surface area contributed by atoms with E-state index in [1.165, 1.54) is 0 Å². The highest BCUT2D eigenvalue weighted by molar-refractivity contribution is 6.30. The number of rotatable bonds is 1. The van der Waals surface area contributed by atoms with E-state index in [-0.39, 0.29) is 5.15 Å². The molecule has 0 aliphatic carbocycles. The van der Waals surface area contributed by atoms with Gasteiger partial charge in [-0.05, 0) is 24.6 Å². The van der Waals surface area contributed by atoms with Crippen LogP contribution in [-0.4, -0.2) is 4.98 Å². The van der Waals surface area contributed by atoms with E-state index in [1.807, 2.05) is 43.3 Å². The SMILES string of the molecule is Cc1ccccc1-c1ccc(C#N)c(Cl)n1. The lowest BCUT2D eigenvalue weighted by Gasteiger charge is -2.05. The van der Waals surface area contributed by atoms with Gasteiger partial charge in [0, 0.05) is 5.56 Å². The molecule has 1 heterocycles. The smallest absolute Gasteiger partial charge is 0.147 e. The molecule has 0 N–H and O–H groups in total. The summed E-state index contributed by atoms with van der Waals surface area (Å²) in [5.74, 6) is 0. The summed E-state index contributed by atoms with van der Waals surface area (Å²) in [5.41, 5.74) is 3.37. The van der Waals surface area contributed by atoms with Crippen LogP contribution in [0.1, 0.15) is 11.1 Å². The number of nitriles is 1.